The summed E-state index contributed by atoms with van der Waals surface area (Å²) in [5.41, 5.74) is 1.02. The van der Waals surface area contributed by atoms with E-state index in [1.165, 1.54) is 12.1 Å². The van der Waals surface area contributed by atoms with Gasteiger partial charge in [0, 0.05) is 5.02 Å². The van der Waals surface area contributed by atoms with E-state index in [1.807, 2.05) is 0 Å². The Morgan fingerprint density at radius 2 is 1.83 bits per heavy atom. The first kappa shape index (κ1) is 16.8. The van der Waals surface area contributed by atoms with Crippen molar-refractivity contribution in [3.63, 3.8) is 0 Å². The van der Waals surface area contributed by atoms with Crippen LogP contribution in [0.2, 0.25) is 10.0 Å². The molecule has 0 saturated heterocycles. The van der Waals surface area contributed by atoms with Crippen LogP contribution in [-0.4, -0.2) is 28.1 Å². The molecule has 2 aromatic carbocycles. The molecule has 0 bridgehead atoms. The van der Waals surface area contributed by atoms with Gasteiger partial charge in [-0.2, -0.15) is 0 Å². The van der Waals surface area contributed by atoms with Crippen molar-refractivity contribution < 1.29 is 24.5 Å². The first-order valence-electron chi connectivity index (χ1n) is 7.05. The maximum Gasteiger partial charge on any atom is 0.307 e. The number of ether oxygens (including phenoxy) is 1. The number of rotatable bonds is 3. The number of carboxylic acid groups (broad SMARTS) is 1. The van der Waals surface area contributed by atoms with Crippen molar-refractivity contribution in [2.75, 3.05) is 0 Å². The molecule has 0 aliphatic carbocycles. The number of carboxylic acids is 1. The summed E-state index contributed by atoms with van der Waals surface area (Å²) in [6.07, 6.45) is -2.61. The highest BCUT2D eigenvalue weighted by molar-refractivity contribution is 6.33. The normalized spacial score (nSPS) is 19.5. The average Bonchev–Trinajstić information content (AvgIpc) is 2.52. The van der Waals surface area contributed by atoms with Crippen LogP contribution >= 0.6 is 23.2 Å². The number of aliphatic carboxylic acids is 1. The summed E-state index contributed by atoms with van der Waals surface area (Å²) in [5.74, 6) is -1.47. The fraction of sp³-hybridized carbons (Fsp3) is 0.176. The lowest BCUT2D eigenvalue weighted by molar-refractivity contribution is -0.136. The molecule has 7 heteroatoms. The lowest BCUT2D eigenvalue weighted by Gasteiger charge is -2.30. The predicted molar refractivity (Wildman–Crippen MR) is 88.0 cm³/mol. The summed E-state index contributed by atoms with van der Waals surface area (Å²) in [6, 6.07) is 9.40. The van der Waals surface area contributed by atoms with Gasteiger partial charge >= 0.3 is 5.97 Å². The fourth-order valence-electron chi connectivity index (χ4n) is 2.62. The number of Topliss-reactive ketones (excluding diaryl/α,β-unsaturated/α-hetero) is 1. The summed E-state index contributed by atoms with van der Waals surface area (Å²) in [4.78, 5) is 23.3. The lowest BCUT2D eigenvalue weighted by Crippen LogP contribution is -2.36. The molecule has 124 valence electrons. The quantitative estimate of drug-likeness (QED) is 0.870. The number of hydrogen-bond donors (Lipinski definition) is 2. The molecule has 0 fully saturated rings. The van der Waals surface area contributed by atoms with Crippen molar-refractivity contribution in [1.29, 1.82) is 0 Å². The minimum Gasteiger partial charge on any atom is -0.481 e. The van der Waals surface area contributed by atoms with E-state index in [0.717, 1.165) is 0 Å². The van der Waals surface area contributed by atoms with E-state index in [-0.39, 0.29) is 22.8 Å². The number of fused-ring (bicyclic) bond motifs is 1. The van der Waals surface area contributed by atoms with Gasteiger partial charge in [-0.15, -0.1) is 0 Å². The largest absolute Gasteiger partial charge is 0.481 e. The Morgan fingerprint density at radius 3 is 2.46 bits per heavy atom. The number of aliphatic hydroxyl groups is 1. The topological polar surface area (TPSA) is 83.8 Å². The Hall–Kier alpha value is -2.08. The maximum absolute atomic E-state index is 12.5. The summed E-state index contributed by atoms with van der Waals surface area (Å²) < 4.78 is 5.74. The van der Waals surface area contributed by atoms with Crippen LogP contribution in [0.25, 0.3) is 0 Å². The number of ketones is 1. The molecule has 2 N–H and O–H groups in total. The third-order valence-corrected chi connectivity index (χ3v) is 4.26. The van der Waals surface area contributed by atoms with Crippen LogP contribution in [0.5, 0.6) is 5.75 Å². The monoisotopic (exact) mass is 366 g/mol. The molecule has 0 aromatic heterocycles. The summed E-state index contributed by atoms with van der Waals surface area (Å²) in [7, 11) is 0. The van der Waals surface area contributed by atoms with Crippen molar-refractivity contribution in [3.8, 4) is 5.75 Å². The molecule has 2 atom stereocenters. The van der Waals surface area contributed by atoms with Gasteiger partial charge < -0.3 is 14.9 Å². The first-order chi connectivity index (χ1) is 11.4. The Morgan fingerprint density at radius 1 is 1.17 bits per heavy atom. The van der Waals surface area contributed by atoms with E-state index >= 15 is 0 Å². The lowest BCUT2D eigenvalue weighted by atomic mass is 9.92. The van der Waals surface area contributed by atoms with Crippen LogP contribution in [-0.2, 0) is 11.2 Å². The molecule has 0 saturated carbocycles. The van der Waals surface area contributed by atoms with Gasteiger partial charge in [0.25, 0.3) is 0 Å². The van der Waals surface area contributed by atoms with Crippen LogP contribution in [0.4, 0.5) is 0 Å². The van der Waals surface area contributed by atoms with E-state index in [2.05, 4.69) is 0 Å². The Balaban J connectivity index is 2.02. The van der Waals surface area contributed by atoms with Crippen molar-refractivity contribution in [2.45, 2.75) is 18.6 Å². The van der Waals surface area contributed by atoms with Crippen molar-refractivity contribution in [1.82, 2.24) is 0 Å². The van der Waals surface area contributed by atoms with E-state index in [0.29, 0.717) is 16.1 Å². The van der Waals surface area contributed by atoms with Gasteiger partial charge in [-0.1, -0.05) is 35.3 Å². The standard InChI is InChI=1S/C17H12Cl2O5/c18-10-3-1-9(2-4-10)16-15(23)14(22)11-5-8(7-13(20)21)6-12(19)17(11)24-16/h1-6,15-16,23H,7H2,(H,20,21). The summed E-state index contributed by atoms with van der Waals surface area (Å²) in [5, 5.41) is 19.8. The number of hydrogen-bond acceptors (Lipinski definition) is 4. The van der Waals surface area contributed by atoms with Crippen LogP contribution in [0.15, 0.2) is 36.4 Å². The second kappa shape index (κ2) is 6.43. The zero-order valence-electron chi connectivity index (χ0n) is 12.2. The molecule has 1 aliphatic heterocycles. The molecular formula is C17H12Cl2O5. The Bertz CT molecular complexity index is 816. The minimum absolute atomic E-state index is 0.0801. The van der Waals surface area contributed by atoms with Crippen LogP contribution in [0.1, 0.15) is 27.6 Å². The highest BCUT2D eigenvalue weighted by Crippen LogP contribution is 2.40. The SMILES string of the molecule is O=C(O)Cc1cc(Cl)c2c(c1)C(=O)C(O)C(c1ccc(Cl)cc1)O2. The second-order valence-corrected chi connectivity index (χ2v) is 6.27. The molecule has 2 unspecified atom stereocenters. The number of halogens is 2. The molecule has 1 heterocycles. The van der Waals surface area contributed by atoms with Gasteiger partial charge in [-0.05, 0) is 35.4 Å². The van der Waals surface area contributed by atoms with E-state index in [1.54, 1.807) is 24.3 Å². The Kier molecular flexibility index (Phi) is 4.49. The summed E-state index contributed by atoms with van der Waals surface area (Å²) >= 11 is 12.0. The number of benzene rings is 2. The van der Waals surface area contributed by atoms with E-state index < -0.39 is 24.0 Å². The minimum atomic E-state index is -1.42. The molecule has 1 aliphatic rings. The third-order valence-electron chi connectivity index (χ3n) is 3.72. The summed E-state index contributed by atoms with van der Waals surface area (Å²) in [6.45, 7) is 0. The highest BCUT2D eigenvalue weighted by atomic mass is 35.5. The number of carbonyl (C=O) groups is 2. The van der Waals surface area contributed by atoms with Gasteiger partial charge in [-0.3, -0.25) is 9.59 Å². The molecule has 24 heavy (non-hydrogen) atoms. The van der Waals surface area contributed by atoms with Crippen LogP contribution in [0, 0.1) is 0 Å². The van der Waals surface area contributed by atoms with Crippen LogP contribution < -0.4 is 4.74 Å². The van der Waals surface area contributed by atoms with E-state index in [9.17, 15) is 14.7 Å². The van der Waals surface area contributed by atoms with Crippen molar-refractivity contribution in [2.24, 2.45) is 0 Å². The van der Waals surface area contributed by atoms with Gasteiger partial charge in [0.1, 0.15) is 5.75 Å². The molecule has 0 amide bonds. The predicted octanol–water partition coefficient (Wildman–Crippen LogP) is 3.30. The highest BCUT2D eigenvalue weighted by Gasteiger charge is 2.38. The van der Waals surface area contributed by atoms with Gasteiger partial charge in [0.2, 0.25) is 0 Å². The molecule has 2 aromatic rings. The van der Waals surface area contributed by atoms with Gasteiger partial charge in [-0.25, -0.2) is 0 Å². The number of carbonyl (C=O) groups excluding carboxylic acids is 1. The molecule has 0 radical (unpaired) electrons. The van der Waals surface area contributed by atoms with Crippen molar-refractivity contribution >= 4 is 35.0 Å². The fourth-order valence-corrected chi connectivity index (χ4v) is 3.03. The third kappa shape index (κ3) is 3.11. The Labute approximate surface area is 147 Å². The molecule has 5 nitrogen and oxygen atoms in total. The van der Waals surface area contributed by atoms with Crippen molar-refractivity contribution in [3.05, 3.63) is 63.1 Å². The van der Waals surface area contributed by atoms with Gasteiger partial charge in [0.05, 0.1) is 17.0 Å². The smallest absolute Gasteiger partial charge is 0.307 e. The zero-order valence-corrected chi connectivity index (χ0v) is 13.7. The van der Waals surface area contributed by atoms with Gasteiger partial charge in [0.15, 0.2) is 18.0 Å². The second-order valence-electron chi connectivity index (χ2n) is 5.42. The average molecular weight is 367 g/mol. The maximum atomic E-state index is 12.5. The molecular weight excluding hydrogens is 355 g/mol. The van der Waals surface area contributed by atoms with E-state index in [4.69, 9.17) is 33.0 Å². The molecule has 3 rings (SSSR count). The van der Waals surface area contributed by atoms with Crippen LogP contribution in [0.3, 0.4) is 0 Å². The number of aliphatic hydroxyl groups excluding tert-OH is 1. The first-order valence-corrected chi connectivity index (χ1v) is 7.81. The zero-order chi connectivity index (χ0) is 17.4. The molecule has 0 spiro atoms.